The fourth-order valence-electron chi connectivity index (χ4n) is 1.00. The second-order valence-electron chi connectivity index (χ2n) is 2.92. The first kappa shape index (κ1) is 9.55. The lowest BCUT2D eigenvalue weighted by Crippen LogP contribution is -2.09. The predicted molar refractivity (Wildman–Crippen MR) is 56.0 cm³/mol. The largest absolute Gasteiger partial charge is 0.398 e. The Morgan fingerprint density at radius 3 is 2.67 bits per heavy atom. The maximum atomic E-state index is 5.73. The maximum Gasteiger partial charge on any atom is 0.0461 e. The van der Waals surface area contributed by atoms with Crippen LogP contribution in [0.2, 0.25) is 0 Å². The van der Waals surface area contributed by atoms with Crippen LogP contribution in [-0.2, 0) is 0 Å². The van der Waals surface area contributed by atoms with Crippen LogP contribution in [0, 0.1) is 0 Å². The van der Waals surface area contributed by atoms with Crippen LogP contribution in [0.5, 0.6) is 0 Å². The molecule has 0 spiro atoms. The number of benzene rings is 1. The molecule has 4 N–H and O–H groups in total. The minimum Gasteiger partial charge on any atom is -0.398 e. The van der Waals surface area contributed by atoms with E-state index in [2.05, 4.69) is 22.9 Å². The molecule has 2 nitrogen and oxygen atoms in total. The summed E-state index contributed by atoms with van der Waals surface area (Å²) in [4.78, 5) is 0. The first-order valence-corrected chi connectivity index (χ1v) is 4.69. The average molecular weight is 229 g/mol. The smallest absolute Gasteiger partial charge is 0.0461 e. The third kappa shape index (κ3) is 1.99. The molecule has 0 aromatic heterocycles. The van der Waals surface area contributed by atoms with Gasteiger partial charge in [0.1, 0.15) is 0 Å². The Balaban J connectivity index is 2.96. The van der Waals surface area contributed by atoms with Crippen LogP contribution in [0.1, 0.15) is 18.4 Å². The van der Waals surface area contributed by atoms with Gasteiger partial charge in [-0.2, -0.15) is 0 Å². The molecule has 0 radical (unpaired) electrons. The normalized spacial score (nSPS) is 12.9. The van der Waals surface area contributed by atoms with Crippen LogP contribution < -0.4 is 11.5 Å². The van der Waals surface area contributed by atoms with E-state index in [4.69, 9.17) is 11.5 Å². The fourth-order valence-corrected chi connectivity index (χ4v) is 1.25. The van der Waals surface area contributed by atoms with Crippen LogP contribution in [-0.4, -0.2) is 6.54 Å². The quantitative estimate of drug-likeness (QED) is 0.763. The van der Waals surface area contributed by atoms with E-state index in [-0.39, 0.29) is 0 Å². The molecule has 0 fully saturated rings. The summed E-state index contributed by atoms with van der Waals surface area (Å²) >= 11 is 3.34. The van der Waals surface area contributed by atoms with Gasteiger partial charge in [-0.25, -0.2) is 0 Å². The molecule has 1 aromatic rings. The van der Waals surface area contributed by atoms with Crippen molar-refractivity contribution in [1.29, 1.82) is 0 Å². The fraction of sp³-hybridized carbons (Fsp3) is 0.333. The Hall–Kier alpha value is -0.540. The molecule has 1 rings (SSSR count). The van der Waals surface area contributed by atoms with Gasteiger partial charge in [0.2, 0.25) is 0 Å². The number of hydrogen-bond donors (Lipinski definition) is 2. The third-order valence-corrected chi connectivity index (χ3v) is 2.66. The summed E-state index contributed by atoms with van der Waals surface area (Å²) in [6.45, 7) is 2.74. The van der Waals surface area contributed by atoms with E-state index in [0.29, 0.717) is 12.5 Å². The lowest BCUT2D eigenvalue weighted by atomic mass is 10.0. The first-order valence-electron chi connectivity index (χ1n) is 3.90. The average Bonchev–Trinajstić information content (AvgIpc) is 2.08. The number of nitrogens with two attached hydrogens (primary N) is 2. The molecule has 0 aliphatic rings. The van der Waals surface area contributed by atoms with E-state index in [1.165, 1.54) is 5.56 Å². The standard InChI is InChI=1S/C9H13BrN2/c1-6(5-11)7-2-3-8(10)9(12)4-7/h2-4,6H,5,11-12H2,1H3. The summed E-state index contributed by atoms with van der Waals surface area (Å²) in [5, 5.41) is 0. The van der Waals surface area contributed by atoms with Crippen molar-refractivity contribution in [2.45, 2.75) is 12.8 Å². The molecular formula is C9H13BrN2. The zero-order valence-corrected chi connectivity index (χ0v) is 8.64. The highest BCUT2D eigenvalue weighted by Gasteiger charge is 2.04. The minimum absolute atomic E-state index is 0.375. The second kappa shape index (κ2) is 3.92. The summed E-state index contributed by atoms with van der Waals surface area (Å²) in [6.07, 6.45) is 0. The van der Waals surface area contributed by atoms with Gasteiger partial charge in [0.05, 0.1) is 0 Å². The minimum atomic E-state index is 0.375. The van der Waals surface area contributed by atoms with Gasteiger partial charge in [0, 0.05) is 10.2 Å². The molecule has 0 aliphatic heterocycles. The van der Waals surface area contributed by atoms with E-state index in [1.807, 2.05) is 18.2 Å². The van der Waals surface area contributed by atoms with E-state index < -0.39 is 0 Å². The number of nitrogen functional groups attached to an aromatic ring is 1. The van der Waals surface area contributed by atoms with E-state index >= 15 is 0 Å². The molecule has 0 heterocycles. The Labute approximate surface area is 81.1 Å². The van der Waals surface area contributed by atoms with Crippen LogP contribution in [0.4, 0.5) is 5.69 Å². The van der Waals surface area contributed by atoms with Crippen LogP contribution in [0.3, 0.4) is 0 Å². The van der Waals surface area contributed by atoms with Crippen molar-refractivity contribution in [1.82, 2.24) is 0 Å². The van der Waals surface area contributed by atoms with Crippen molar-refractivity contribution in [2.24, 2.45) is 5.73 Å². The van der Waals surface area contributed by atoms with Crippen LogP contribution in [0.15, 0.2) is 22.7 Å². The molecule has 1 unspecified atom stereocenters. The van der Waals surface area contributed by atoms with Crippen LogP contribution in [0.25, 0.3) is 0 Å². The molecule has 66 valence electrons. The van der Waals surface area contributed by atoms with Gasteiger partial charge < -0.3 is 11.5 Å². The van der Waals surface area contributed by atoms with Crippen molar-refractivity contribution in [3.8, 4) is 0 Å². The Bertz CT molecular complexity index is 273. The summed E-state index contributed by atoms with van der Waals surface area (Å²) in [5.74, 6) is 0.375. The number of hydrogen-bond acceptors (Lipinski definition) is 2. The Morgan fingerprint density at radius 2 is 2.17 bits per heavy atom. The molecule has 12 heavy (non-hydrogen) atoms. The van der Waals surface area contributed by atoms with Crippen molar-refractivity contribution < 1.29 is 0 Å². The highest BCUT2D eigenvalue weighted by Crippen LogP contribution is 2.23. The van der Waals surface area contributed by atoms with Gasteiger partial charge in [-0.3, -0.25) is 0 Å². The molecule has 0 saturated heterocycles. The monoisotopic (exact) mass is 228 g/mol. The highest BCUT2D eigenvalue weighted by atomic mass is 79.9. The molecule has 0 bridgehead atoms. The van der Waals surface area contributed by atoms with Crippen molar-refractivity contribution in [3.63, 3.8) is 0 Å². The number of rotatable bonds is 2. The van der Waals surface area contributed by atoms with Crippen molar-refractivity contribution >= 4 is 21.6 Å². The zero-order valence-electron chi connectivity index (χ0n) is 7.05. The second-order valence-corrected chi connectivity index (χ2v) is 3.77. The van der Waals surface area contributed by atoms with Crippen LogP contribution >= 0.6 is 15.9 Å². The Morgan fingerprint density at radius 1 is 1.50 bits per heavy atom. The SMILES string of the molecule is CC(CN)c1ccc(Br)c(N)c1. The van der Waals surface area contributed by atoms with Gasteiger partial charge in [0.15, 0.2) is 0 Å². The molecule has 3 heteroatoms. The Kier molecular flexibility index (Phi) is 3.12. The summed E-state index contributed by atoms with van der Waals surface area (Å²) in [7, 11) is 0. The number of halogens is 1. The lowest BCUT2D eigenvalue weighted by molar-refractivity contribution is 0.774. The van der Waals surface area contributed by atoms with Crippen molar-refractivity contribution in [3.05, 3.63) is 28.2 Å². The lowest BCUT2D eigenvalue weighted by Gasteiger charge is -2.09. The zero-order chi connectivity index (χ0) is 9.14. The summed E-state index contributed by atoms with van der Waals surface area (Å²) < 4.78 is 0.940. The van der Waals surface area contributed by atoms with Gasteiger partial charge in [0.25, 0.3) is 0 Å². The number of anilines is 1. The van der Waals surface area contributed by atoms with E-state index in [1.54, 1.807) is 0 Å². The molecule has 0 saturated carbocycles. The van der Waals surface area contributed by atoms with Gasteiger partial charge >= 0.3 is 0 Å². The topological polar surface area (TPSA) is 52.0 Å². The van der Waals surface area contributed by atoms with Gasteiger partial charge in [-0.15, -0.1) is 0 Å². The first-order chi connectivity index (χ1) is 5.65. The maximum absolute atomic E-state index is 5.73. The third-order valence-electron chi connectivity index (χ3n) is 1.94. The van der Waals surface area contributed by atoms with Gasteiger partial charge in [-0.05, 0) is 46.1 Å². The highest BCUT2D eigenvalue weighted by molar-refractivity contribution is 9.10. The van der Waals surface area contributed by atoms with Gasteiger partial charge in [-0.1, -0.05) is 13.0 Å². The summed E-state index contributed by atoms with van der Waals surface area (Å²) in [6, 6.07) is 5.95. The molecular weight excluding hydrogens is 216 g/mol. The molecule has 0 aliphatic carbocycles. The van der Waals surface area contributed by atoms with Crippen molar-refractivity contribution in [2.75, 3.05) is 12.3 Å². The van der Waals surface area contributed by atoms with E-state index in [0.717, 1.165) is 10.2 Å². The summed E-state index contributed by atoms with van der Waals surface area (Å²) in [5.41, 5.74) is 13.2. The molecule has 1 aromatic carbocycles. The molecule has 0 amide bonds. The molecule has 1 atom stereocenters. The predicted octanol–water partition coefficient (Wildman–Crippen LogP) is 2.09. The van der Waals surface area contributed by atoms with E-state index in [9.17, 15) is 0 Å².